The quantitative estimate of drug-likeness (QED) is 0.857. The van der Waals surface area contributed by atoms with E-state index in [4.69, 9.17) is 5.26 Å². The lowest BCUT2D eigenvalue weighted by Crippen LogP contribution is -2.13. The predicted octanol–water partition coefficient (Wildman–Crippen LogP) is 1.64. The minimum atomic E-state index is 0.685. The van der Waals surface area contributed by atoms with Gasteiger partial charge in [0, 0.05) is 19.3 Å². The number of nitrogens with one attached hydrogen (secondary N) is 1. The van der Waals surface area contributed by atoms with Crippen molar-refractivity contribution in [2.24, 2.45) is 0 Å². The van der Waals surface area contributed by atoms with Gasteiger partial charge in [-0.2, -0.15) is 5.26 Å². The molecule has 1 N–H and O–H groups in total. The van der Waals surface area contributed by atoms with Gasteiger partial charge in [-0.25, -0.2) is 9.97 Å². The molecule has 0 spiro atoms. The van der Waals surface area contributed by atoms with Crippen molar-refractivity contribution >= 4 is 0 Å². The van der Waals surface area contributed by atoms with Gasteiger partial charge in [-0.05, 0) is 23.8 Å². The minimum absolute atomic E-state index is 0.685. The fourth-order valence-corrected chi connectivity index (χ4v) is 1.45. The summed E-state index contributed by atoms with van der Waals surface area (Å²) < 4.78 is 0. The fraction of sp³-hybridized carbons (Fsp3) is 0.154. The molecule has 2 rings (SSSR count). The molecule has 0 unspecified atom stereocenters. The van der Waals surface area contributed by atoms with Crippen LogP contribution in [0.15, 0.2) is 42.9 Å². The summed E-state index contributed by atoms with van der Waals surface area (Å²) in [7, 11) is 0. The number of aromatic nitrogens is 2. The van der Waals surface area contributed by atoms with E-state index >= 15 is 0 Å². The Bertz CT molecular complexity index is 499. The molecule has 0 atom stereocenters. The monoisotopic (exact) mass is 224 g/mol. The van der Waals surface area contributed by atoms with E-state index in [2.05, 4.69) is 21.4 Å². The third-order valence-corrected chi connectivity index (χ3v) is 2.36. The van der Waals surface area contributed by atoms with Gasteiger partial charge in [-0.15, -0.1) is 0 Å². The second-order valence-corrected chi connectivity index (χ2v) is 3.61. The molecule has 0 fully saturated rings. The molecular weight excluding hydrogens is 212 g/mol. The normalized spacial score (nSPS) is 9.82. The molecule has 0 aliphatic rings. The highest BCUT2D eigenvalue weighted by atomic mass is 14.9. The van der Waals surface area contributed by atoms with Gasteiger partial charge in [0.05, 0.1) is 17.3 Å². The van der Waals surface area contributed by atoms with Crippen LogP contribution in [0.5, 0.6) is 0 Å². The van der Waals surface area contributed by atoms with Crippen molar-refractivity contribution in [3.05, 3.63) is 59.7 Å². The molecular formula is C13H12N4. The summed E-state index contributed by atoms with van der Waals surface area (Å²) in [6.45, 7) is 1.47. The molecule has 84 valence electrons. The number of nitrogens with zero attached hydrogens (tertiary/aromatic N) is 3. The van der Waals surface area contributed by atoms with Crippen LogP contribution in [0.4, 0.5) is 0 Å². The van der Waals surface area contributed by atoms with Gasteiger partial charge in [-0.3, -0.25) is 0 Å². The van der Waals surface area contributed by atoms with Gasteiger partial charge < -0.3 is 5.32 Å². The van der Waals surface area contributed by atoms with E-state index in [-0.39, 0.29) is 0 Å². The SMILES string of the molecule is N#Cc1ccc(CNCc2ccncn2)cc1. The molecule has 17 heavy (non-hydrogen) atoms. The maximum atomic E-state index is 8.67. The third-order valence-electron chi connectivity index (χ3n) is 2.36. The number of rotatable bonds is 4. The Balaban J connectivity index is 1.84. The second-order valence-electron chi connectivity index (χ2n) is 3.61. The topological polar surface area (TPSA) is 61.6 Å². The van der Waals surface area contributed by atoms with Crippen LogP contribution in [0.25, 0.3) is 0 Å². The van der Waals surface area contributed by atoms with Crippen LogP contribution < -0.4 is 5.32 Å². The lowest BCUT2D eigenvalue weighted by Gasteiger charge is -2.04. The summed E-state index contributed by atoms with van der Waals surface area (Å²) in [5.41, 5.74) is 2.80. The Morgan fingerprint density at radius 3 is 2.59 bits per heavy atom. The molecule has 0 saturated carbocycles. The van der Waals surface area contributed by atoms with Gasteiger partial charge in [0.2, 0.25) is 0 Å². The molecule has 0 radical (unpaired) electrons. The van der Waals surface area contributed by atoms with E-state index in [1.807, 2.05) is 30.3 Å². The first-order valence-corrected chi connectivity index (χ1v) is 5.33. The zero-order valence-electron chi connectivity index (χ0n) is 9.30. The summed E-state index contributed by atoms with van der Waals surface area (Å²) >= 11 is 0. The van der Waals surface area contributed by atoms with Crippen LogP contribution in [0.1, 0.15) is 16.8 Å². The Morgan fingerprint density at radius 1 is 1.12 bits per heavy atom. The van der Waals surface area contributed by atoms with E-state index < -0.39 is 0 Å². The van der Waals surface area contributed by atoms with Crippen LogP contribution in [0.3, 0.4) is 0 Å². The zero-order chi connectivity index (χ0) is 11.9. The Morgan fingerprint density at radius 2 is 1.94 bits per heavy atom. The van der Waals surface area contributed by atoms with Gasteiger partial charge in [0.25, 0.3) is 0 Å². The predicted molar refractivity (Wildman–Crippen MR) is 63.7 cm³/mol. The minimum Gasteiger partial charge on any atom is -0.307 e. The van der Waals surface area contributed by atoms with E-state index in [0.29, 0.717) is 12.1 Å². The molecule has 0 saturated heterocycles. The lowest BCUT2D eigenvalue weighted by atomic mass is 10.1. The summed E-state index contributed by atoms with van der Waals surface area (Å²) in [4.78, 5) is 7.98. The summed E-state index contributed by atoms with van der Waals surface area (Å²) in [5.74, 6) is 0. The molecule has 1 heterocycles. The fourth-order valence-electron chi connectivity index (χ4n) is 1.45. The smallest absolute Gasteiger partial charge is 0.115 e. The summed E-state index contributed by atoms with van der Waals surface area (Å²) in [5, 5.41) is 12.0. The highest BCUT2D eigenvalue weighted by Gasteiger charge is 1.95. The highest BCUT2D eigenvalue weighted by molar-refractivity contribution is 5.31. The summed E-state index contributed by atoms with van der Waals surface area (Å²) in [6.07, 6.45) is 3.27. The molecule has 4 nitrogen and oxygen atoms in total. The highest BCUT2D eigenvalue weighted by Crippen LogP contribution is 2.03. The van der Waals surface area contributed by atoms with Gasteiger partial charge in [0.15, 0.2) is 0 Å². The van der Waals surface area contributed by atoms with Crippen molar-refractivity contribution in [2.45, 2.75) is 13.1 Å². The number of hydrogen-bond donors (Lipinski definition) is 1. The van der Waals surface area contributed by atoms with Crippen LogP contribution >= 0.6 is 0 Å². The van der Waals surface area contributed by atoms with Gasteiger partial charge in [-0.1, -0.05) is 12.1 Å². The average Bonchev–Trinajstić information content (AvgIpc) is 2.41. The van der Waals surface area contributed by atoms with E-state index in [0.717, 1.165) is 17.8 Å². The second kappa shape index (κ2) is 5.73. The molecule has 1 aromatic carbocycles. The van der Waals surface area contributed by atoms with Crippen molar-refractivity contribution in [2.75, 3.05) is 0 Å². The van der Waals surface area contributed by atoms with Gasteiger partial charge in [0.1, 0.15) is 6.33 Å². The van der Waals surface area contributed by atoms with E-state index in [9.17, 15) is 0 Å². The molecule has 2 aromatic rings. The summed E-state index contributed by atoms with van der Waals surface area (Å²) in [6, 6.07) is 11.5. The number of nitriles is 1. The maximum Gasteiger partial charge on any atom is 0.115 e. The van der Waals surface area contributed by atoms with Crippen molar-refractivity contribution in [3.63, 3.8) is 0 Å². The molecule has 0 aliphatic heterocycles. The van der Waals surface area contributed by atoms with Crippen LogP contribution in [0.2, 0.25) is 0 Å². The Kier molecular flexibility index (Phi) is 3.79. The maximum absolute atomic E-state index is 8.67. The number of hydrogen-bond acceptors (Lipinski definition) is 4. The first-order chi connectivity index (χ1) is 8.38. The van der Waals surface area contributed by atoms with E-state index in [1.54, 1.807) is 12.5 Å². The van der Waals surface area contributed by atoms with Crippen molar-refractivity contribution in [3.8, 4) is 6.07 Å². The van der Waals surface area contributed by atoms with Gasteiger partial charge >= 0.3 is 0 Å². The Labute approximate surface area is 100.0 Å². The first-order valence-electron chi connectivity index (χ1n) is 5.33. The molecule has 0 bridgehead atoms. The largest absolute Gasteiger partial charge is 0.307 e. The van der Waals surface area contributed by atoms with Crippen LogP contribution in [-0.4, -0.2) is 9.97 Å². The standard InChI is InChI=1S/C13H12N4/c14-7-11-1-3-12(4-2-11)8-16-9-13-5-6-15-10-17-13/h1-6,10,16H,8-9H2. The Hall–Kier alpha value is -2.25. The lowest BCUT2D eigenvalue weighted by molar-refractivity contribution is 0.678. The number of benzene rings is 1. The van der Waals surface area contributed by atoms with E-state index in [1.165, 1.54) is 0 Å². The van der Waals surface area contributed by atoms with Crippen molar-refractivity contribution < 1.29 is 0 Å². The first kappa shape index (κ1) is 11.2. The molecule has 1 aromatic heterocycles. The van der Waals surface area contributed by atoms with Crippen molar-refractivity contribution in [1.82, 2.24) is 15.3 Å². The van der Waals surface area contributed by atoms with Crippen LogP contribution in [0, 0.1) is 11.3 Å². The average molecular weight is 224 g/mol. The third kappa shape index (κ3) is 3.37. The molecule has 0 aliphatic carbocycles. The molecule has 0 amide bonds. The molecule has 4 heteroatoms. The zero-order valence-corrected chi connectivity index (χ0v) is 9.30. The van der Waals surface area contributed by atoms with Crippen molar-refractivity contribution in [1.29, 1.82) is 5.26 Å². The van der Waals surface area contributed by atoms with Crippen LogP contribution in [-0.2, 0) is 13.1 Å².